The quantitative estimate of drug-likeness (QED) is 0.580. The lowest BCUT2D eigenvalue weighted by Crippen LogP contribution is -2.16. The highest BCUT2D eigenvalue weighted by atomic mass is 16.3. The number of hydrogen-bond acceptors (Lipinski definition) is 5. The molecule has 0 fully saturated rings. The molecule has 0 aliphatic rings. The number of hydrogen-bond donors (Lipinski definition) is 4. The van der Waals surface area contributed by atoms with E-state index in [0.29, 0.717) is 5.69 Å². The van der Waals surface area contributed by atoms with Crippen LogP contribution in [0.15, 0.2) is 35.1 Å². The maximum Gasteiger partial charge on any atom is 0.257 e. The van der Waals surface area contributed by atoms with Crippen LogP contribution in [-0.4, -0.2) is 27.5 Å². The Hall–Kier alpha value is -3.11. The van der Waals surface area contributed by atoms with Crippen molar-refractivity contribution in [2.45, 2.75) is 0 Å². The normalized spacial score (nSPS) is 9.57. The largest absolute Gasteiger partial charge is 0.494 e. The second kappa shape index (κ2) is 6.36. The molecule has 2 aromatic rings. The monoisotopic (exact) mass is 284 g/mol. The molecule has 0 aromatic carbocycles. The van der Waals surface area contributed by atoms with Crippen molar-refractivity contribution in [2.24, 2.45) is 5.73 Å². The summed E-state index contributed by atoms with van der Waals surface area (Å²) in [6.07, 6.45) is 0. The molecule has 7 nitrogen and oxygen atoms in total. The maximum absolute atomic E-state index is 12.0. The summed E-state index contributed by atoms with van der Waals surface area (Å²) >= 11 is 0. The lowest BCUT2D eigenvalue weighted by atomic mass is 10.2. The lowest BCUT2D eigenvalue weighted by molar-refractivity contribution is 0.102. The zero-order chi connectivity index (χ0) is 15.2. The number of nitrogens with two attached hydrogens (primary N) is 1. The summed E-state index contributed by atoms with van der Waals surface area (Å²) in [7, 11) is 0. The van der Waals surface area contributed by atoms with Gasteiger partial charge < -0.3 is 16.2 Å². The first-order valence-electron chi connectivity index (χ1n) is 5.99. The SMILES string of the molecule is NCC#Cc1cccc(NC(=O)c2cc(O)[nH]c(=O)c2)n1. The Morgan fingerprint density at radius 1 is 1.43 bits per heavy atom. The minimum Gasteiger partial charge on any atom is -0.494 e. The Labute approximate surface area is 119 Å². The van der Waals surface area contributed by atoms with Gasteiger partial charge in [-0.1, -0.05) is 12.0 Å². The fraction of sp³-hybridized carbons (Fsp3) is 0.0714. The van der Waals surface area contributed by atoms with E-state index in [1.165, 1.54) is 0 Å². The Balaban J connectivity index is 2.21. The number of carbonyl (C=O) groups is 1. The molecule has 106 valence electrons. The highest BCUT2D eigenvalue weighted by Gasteiger charge is 2.09. The van der Waals surface area contributed by atoms with E-state index in [4.69, 9.17) is 5.73 Å². The molecule has 0 unspecified atom stereocenters. The minimum absolute atomic E-state index is 0.0245. The summed E-state index contributed by atoms with van der Waals surface area (Å²) in [6, 6.07) is 7.16. The number of rotatable bonds is 2. The van der Waals surface area contributed by atoms with Gasteiger partial charge in [-0.25, -0.2) is 4.98 Å². The number of nitrogens with zero attached hydrogens (tertiary/aromatic N) is 1. The van der Waals surface area contributed by atoms with E-state index in [1.54, 1.807) is 18.2 Å². The molecule has 0 radical (unpaired) electrons. The number of carbonyl (C=O) groups excluding carboxylic acids is 1. The van der Waals surface area contributed by atoms with Gasteiger partial charge in [0, 0.05) is 12.1 Å². The molecule has 2 rings (SSSR count). The predicted molar refractivity (Wildman–Crippen MR) is 76.9 cm³/mol. The van der Waals surface area contributed by atoms with Gasteiger partial charge in [-0.3, -0.25) is 14.6 Å². The topological polar surface area (TPSA) is 121 Å². The van der Waals surface area contributed by atoms with Gasteiger partial charge in [0.1, 0.15) is 11.5 Å². The first kappa shape index (κ1) is 14.3. The molecule has 0 spiro atoms. The van der Waals surface area contributed by atoms with Gasteiger partial charge in [0.25, 0.3) is 11.5 Å². The molecule has 0 bridgehead atoms. The summed E-state index contributed by atoms with van der Waals surface area (Å²) < 4.78 is 0. The number of amides is 1. The van der Waals surface area contributed by atoms with E-state index in [1.807, 2.05) is 0 Å². The van der Waals surface area contributed by atoms with E-state index in [2.05, 4.69) is 27.1 Å². The van der Waals surface area contributed by atoms with E-state index in [9.17, 15) is 14.7 Å². The van der Waals surface area contributed by atoms with Crippen LogP contribution >= 0.6 is 0 Å². The third-order valence-electron chi connectivity index (χ3n) is 2.40. The summed E-state index contributed by atoms with van der Waals surface area (Å²) in [4.78, 5) is 29.4. The molecule has 5 N–H and O–H groups in total. The molecule has 0 saturated carbocycles. The predicted octanol–water partition coefficient (Wildman–Crippen LogP) is 0.0380. The number of anilines is 1. The van der Waals surface area contributed by atoms with Crippen LogP contribution < -0.4 is 16.6 Å². The van der Waals surface area contributed by atoms with Crippen LogP contribution in [0, 0.1) is 11.8 Å². The van der Waals surface area contributed by atoms with Gasteiger partial charge in [0.2, 0.25) is 0 Å². The Morgan fingerprint density at radius 2 is 2.24 bits per heavy atom. The molecule has 0 saturated heterocycles. The number of nitrogens with one attached hydrogen (secondary N) is 2. The van der Waals surface area contributed by atoms with E-state index in [-0.39, 0.29) is 23.8 Å². The van der Waals surface area contributed by atoms with Crippen molar-refractivity contribution in [3.63, 3.8) is 0 Å². The van der Waals surface area contributed by atoms with Crippen molar-refractivity contribution < 1.29 is 9.90 Å². The molecular weight excluding hydrogens is 272 g/mol. The Morgan fingerprint density at radius 3 is 2.95 bits per heavy atom. The summed E-state index contributed by atoms with van der Waals surface area (Å²) in [5.41, 5.74) is 5.19. The van der Waals surface area contributed by atoms with Gasteiger partial charge in [-0.2, -0.15) is 0 Å². The van der Waals surface area contributed by atoms with Gasteiger partial charge in [0.15, 0.2) is 5.88 Å². The molecular formula is C14H12N4O3. The highest BCUT2D eigenvalue weighted by molar-refractivity contribution is 6.03. The first-order chi connectivity index (χ1) is 10.1. The Bertz CT molecular complexity index is 787. The molecule has 7 heteroatoms. The van der Waals surface area contributed by atoms with Crippen molar-refractivity contribution in [2.75, 3.05) is 11.9 Å². The van der Waals surface area contributed by atoms with Crippen LogP contribution in [-0.2, 0) is 0 Å². The van der Waals surface area contributed by atoms with Crippen LogP contribution in [0.1, 0.15) is 16.1 Å². The van der Waals surface area contributed by atoms with Crippen LogP contribution in [0.25, 0.3) is 0 Å². The van der Waals surface area contributed by atoms with Crippen molar-refractivity contribution in [1.82, 2.24) is 9.97 Å². The Kier molecular flexibility index (Phi) is 4.33. The summed E-state index contributed by atoms with van der Waals surface area (Å²) in [6.45, 7) is 0.213. The highest BCUT2D eigenvalue weighted by Crippen LogP contribution is 2.09. The molecule has 0 aliphatic carbocycles. The molecule has 0 aliphatic heterocycles. The number of pyridine rings is 2. The number of aromatic amines is 1. The summed E-state index contributed by atoms with van der Waals surface area (Å²) in [5, 5.41) is 11.8. The van der Waals surface area contributed by atoms with Crippen molar-refractivity contribution in [3.05, 3.63) is 51.9 Å². The zero-order valence-electron chi connectivity index (χ0n) is 10.9. The molecule has 0 atom stereocenters. The smallest absolute Gasteiger partial charge is 0.257 e. The van der Waals surface area contributed by atoms with Crippen molar-refractivity contribution in [3.8, 4) is 17.7 Å². The number of aromatic hydroxyl groups is 1. The first-order valence-corrected chi connectivity index (χ1v) is 5.99. The third-order valence-corrected chi connectivity index (χ3v) is 2.40. The van der Waals surface area contributed by atoms with Gasteiger partial charge >= 0.3 is 0 Å². The van der Waals surface area contributed by atoms with E-state index >= 15 is 0 Å². The summed E-state index contributed by atoms with van der Waals surface area (Å²) in [5.74, 6) is 4.73. The fourth-order valence-corrected chi connectivity index (χ4v) is 1.56. The molecule has 1 amide bonds. The van der Waals surface area contributed by atoms with Crippen LogP contribution in [0.2, 0.25) is 0 Å². The molecule has 21 heavy (non-hydrogen) atoms. The average molecular weight is 284 g/mol. The van der Waals surface area contributed by atoms with Gasteiger partial charge in [0.05, 0.1) is 12.1 Å². The van der Waals surface area contributed by atoms with Gasteiger partial charge in [-0.05, 0) is 18.1 Å². The maximum atomic E-state index is 12.0. The van der Waals surface area contributed by atoms with Crippen LogP contribution in [0.5, 0.6) is 5.88 Å². The second-order valence-electron chi connectivity index (χ2n) is 3.99. The second-order valence-corrected chi connectivity index (χ2v) is 3.99. The van der Waals surface area contributed by atoms with Crippen LogP contribution in [0.4, 0.5) is 5.82 Å². The average Bonchev–Trinajstić information content (AvgIpc) is 2.44. The zero-order valence-corrected chi connectivity index (χ0v) is 10.9. The number of aromatic nitrogens is 2. The standard InChI is InChI=1S/C14H12N4O3/c15-6-2-4-10-3-1-5-11(16-10)17-14(21)9-7-12(19)18-13(20)8-9/h1,3,5,7-8H,6,15H2,(H,16,17,21)(H2,18,19,20). The van der Waals surface area contributed by atoms with Gasteiger partial charge in [-0.15, -0.1) is 0 Å². The van der Waals surface area contributed by atoms with E-state index < -0.39 is 11.5 Å². The minimum atomic E-state index is -0.573. The molecule has 2 aromatic heterocycles. The number of H-pyrrole nitrogens is 1. The third kappa shape index (κ3) is 3.92. The van der Waals surface area contributed by atoms with Crippen LogP contribution in [0.3, 0.4) is 0 Å². The van der Waals surface area contributed by atoms with Crippen molar-refractivity contribution >= 4 is 11.7 Å². The molecule has 2 heterocycles. The lowest BCUT2D eigenvalue weighted by Gasteiger charge is -2.04. The van der Waals surface area contributed by atoms with Crippen molar-refractivity contribution in [1.29, 1.82) is 0 Å². The fourth-order valence-electron chi connectivity index (χ4n) is 1.56. The van der Waals surface area contributed by atoms with E-state index in [0.717, 1.165) is 12.1 Å².